The number of nitrogens with zero attached hydrogens (tertiary/aromatic N) is 2. The van der Waals surface area contributed by atoms with Gasteiger partial charge in [0.2, 0.25) is 0 Å². The molecule has 1 aromatic carbocycles. The number of hydrogen-bond donors (Lipinski definition) is 1. The molecule has 3 heterocycles. The summed E-state index contributed by atoms with van der Waals surface area (Å²) in [5.74, 6) is 1.11. The molecule has 2 fully saturated rings. The lowest BCUT2D eigenvalue weighted by atomic mass is 10.0. The molecule has 0 radical (unpaired) electrons. The fraction of sp³-hybridized carbons (Fsp3) is 0.500. The van der Waals surface area contributed by atoms with Crippen LogP contribution in [-0.2, 0) is 16.4 Å². The van der Waals surface area contributed by atoms with Crippen molar-refractivity contribution in [1.82, 2.24) is 14.8 Å². The predicted octanol–water partition coefficient (Wildman–Crippen LogP) is 0.450. The van der Waals surface area contributed by atoms with Gasteiger partial charge in [-0.2, -0.15) is 0 Å². The van der Waals surface area contributed by atoms with Gasteiger partial charge >= 0.3 is 0 Å². The molecule has 4 rings (SSSR count). The highest BCUT2D eigenvalue weighted by Crippen LogP contribution is 2.27. The van der Waals surface area contributed by atoms with Gasteiger partial charge in [0.15, 0.2) is 9.84 Å². The predicted molar refractivity (Wildman–Crippen MR) is 100 cm³/mol. The Labute approximate surface area is 152 Å². The Morgan fingerprint density at radius 2 is 1.96 bits per heavy atom. The van der Waals surface area contributed by atoms with Crippen LogP contribution in [0.2, 0.25) is 0 Å². The molecular formula is C18H23N3O4S. The lowest BCUT2D eigenvalue weighted by molar-refractivity contribution is 0.0570. The summed E-state index contributed by atoms with van der Waals surface area (Å²) in [6.45, 7) is 2.01. The SMILES string of the molecule is COc1ccc2[nH]c(=O)c(CN3CCN(C)[C@H]4CS(=O)(=O)C[C@H]43)cc2c1. The van der Waals surface area contributed by atoms with Crippen molar-refractivity contribution in [2.24, 2.45) is 0 Å². The first kappa shape index (κ1) is 17.5. The van der Waals surface area contributed by atoms with Gasteiger partial charge in [-0.05, 0) is 31.3 Å². The summed E-state index contributed by atoms with van der Waals surface area (Å²) in [7, 11) is 0.560. The van der Waals surface area contributed by atoms with E-state index in [9.17, 15) is 13.2 Å². The molecule has 2 saturated heterocycles. The average molecular weight is 377 g/mol. The molecule has 0 unspecified atom stereocenters. The Hall–Kier alpha value is -1.90. The molecule has 1 N–H and O–H groups in total. The first-order valence-corrected chi connectivity index (χ1v) is 10.5. The number of methoxy groups -OCH3 is 1. The van der Waals surface area contributed by atoms with Gasteiger partial charge in [0.05, 0.1) is 18.6 Å². The zero-order chi connectivity index (χ0) is 18.5. The zero-order valence-corrected chi connectivity index (χ0v) is 15.8. The van der Waals surface area contributed by atoms with Crippen LogP contribution in [-0.4, -0.2) is 74.0 Å². The van der Waals surface area contributed by atoms with Gasteiger partial charge in [-0.1, -0.05) is 0 Å². The first-order chi connectivity index (χ1) is 12.4. The summed E-state index contributed by atoms with van der Waals surface area (Å²) in [4.78, 5) is 19.7. The minimum atomic E-state index is -3.03. The molecule has 0 amide bonds. The smallest absolute Gasteiger partial charge is 0.252 e. The lowest BCUT2D eigenvalue weighted by Crippen LogP contribution is -2.57. The van der Waals surface area contributed by atoms with Crippen LogP contribution in [0.4, 0.5) is 0 Å². The van der Waals surface area contributed by atoms with Gasteiger partial charge in [0.1, 0.15) is 5.75 Å². The first-order valence-electron chi connectivity index (χ1n) is 8.71. The summed E-state index contributed by atoms with van der Waals surface area (Å²) < 4.78 is 29.5. The van der Waals surface area contributed by atoms with E-state index in [1.54, 1.807) is 7.11 Å². The van der Waals surface area contributed by atoms with Crippen molar-refractivity contribution in [3.05, 3.63) is 40.2 Å². The van der Waals surface area contributed by atoms with Gasteiger partial charge in [-0.25, -0.2) is 8.42 Å². The summed E-state index contributed by atoms with van der Waals surface area (Å²) in [5.41, 5.74) is 1.29. The molecule has 2 aliphatic heterocycles. The second kappa shape index (κ2) is 6.37. The molecule has 2 aromatic rings. The van der Waals surface area contributed by atoms with Crippen LogP contribution in [0.1, 0.15) is 5.56 Å². The number of rotatable bonds is 3. The highest BCUT2D eigenvalue weighted by atomic mass is 32.2. The van der Waals surface area contributed by atoms with E-state index in [1.807, 2.05) is 31.3 Å². The normalized spacial score (nSPS) is 26.1. The number of piperazine rings is 1. The third-order valence-corrected chi connectivity index (χ3v) is 7.27. The van der Waals surface area contributed by atoms with Crippen LogP contribution < -0.4 is 10.3 Å². The quantitative estimate of drug-likeness (QED) is 0.836. The second-order valence-electron chi connectivity index (χ2n) is 7.24. The summed E-state index contributed by atoms with van der Waals surface area (Å²) >= 11 is 0. The number of hydrogen-bond acceptors (Lipinski definition) is 6. The van der Waals surface area contributed by atoms with Crippen molar-refractivity contribution in [2.45, 2.75) is 18.6 Å². The van der Waals surface area contributed by atoms with Gasteiger partial charge in [-0.15, -0.1) is 0 Å². The largest absolute Gasteiger partial charge is 0.497 e. The van der Waals surface area contributed by atoms with E-state index in [4.69, 9.17) is 4.74 Å². The second-order valence-corrected chi connectivity index (χ2v) is 9.39. The fourth-order valence-electron chi connectivity index (χ4n) is 4.09. The third-order valence-electron chi connectivity index (χ3n) is 5.57. The number of sulfone groups is 1. The van der Waals surface area contributed by atoms with E-state index in [0.29, 0.717) is 12.1 Å². The van der Waals surface area contributed by atoms with Crippen molar-refractivity contribution >= 4 is 20.7 Å². The van der Waals surface area contributed by atoms with E-state index >= 15 is 0 Å². The van der Waals surface area contributed by atoms with Gasteiger partial charge in [0.25, 0.3) is 5.56 Å². The van der Waals surface area contributed by atoms with E-state index in [2.05, 4.69) is 14.8 Å². The van der Waals surface area contributed by atoms with E-state index in [0.717, 1.165) is 29.7 Å². The molecule has 7 nitrogen and oxygen atoms in total. The van der Waals surface area contributed by atoms with Gasteiger partial charge < -0.3 is 9.72 Å². The molecule has 2 atom stereocenters. The molecular weight excluding hydrogens is 354 g/mol. The van der Waals surface area contributed by atoms with Crippen molar-refractivity contribution in [1.29, 1.82) is 0 Å². The highest BCUT2D eigenvalue weighted by molar-refractivity contribution is 7.91. The highest BCUT2D eigenvalue weighted by Gasteiger charge is 2.45. The standard InChI is InChI=1S/C18H23N3O4S/c1-20-5-6-21(17-11-26(23,24)10-16(17)20)9-13-7-12-8-14(25-2)3-4-15(12)19-18(13)22/h3-4,7-8,16-17H,5-6,9-11H2,1-2H3,(H,19,22)/t16-,17+/m0/s1. The number of fused-ring (bicyclic) bond motifs is 2. The molecule has 0 aliphatic carbocycles. The summed E-state index contributed by atoms with van der Waals surface area (Å²) in [5, 5.41) is 0.906. The van der Waals surface area contributed by atoms with Crippen LogP contribution in [0.5, 0.6) is 5.75 Å². The molecule has 26 heavy (non-hydrogen) atoms. The maximum Gasteiger partial charge on any atom is 0.252 e. The van der Waals surface area contributed by atoms with Crippen LogP contribution >= 0.6 is 0 Å². The lowest BCUT2D eigenvalue weighted by Gasteiger charge is -2.42. The number of aromatic nitrogens is 1. The minimum absolute atomic E-state index is 0.00776. The number of ether oxygens (including phenoxy) is 1. The Kier molecular flexibility index (Phi) is 4.29. The maximum absolute atomic E-state index is 12.5. The Morgan fingerprint density at radius 3 is 2.73 bits per heavy atom. The number of benzene rings is 1. The van der Waals surface area contributed by atoms with Crippen LogP contribution in [0.3, 0.4) is 0 Å². The maximum atomic E-state index is 12.5. The monoisotopic (exact) mass is 377 g/mol. The molecule has 1 aromatic heterocycles. The molecule has 0 saturated carbocycles. The van der Waals surface area contributed by atoms with E-state index in [1.165, 1.54) is 0 Å². The molecule has 0 spiro atoms. The van der Waals surface area contributed by atoms with E-state index < -0.39 is 9.84 Å². The number of nitrogens with one attached hydrogen (secondary N) is 1. The topological polar surface area (TPSA) is 82.7 Å². The molecule has 140 valence electrons. The van der Waals surface area contributed by atoms with Gasteiger partial charge in [0, 0.05) is 48.2 Å². The van der Waals surface area contributed by atoms with Crippen molar-refractivity contribution < 1.29 is 13.2 Å². The molecule has 2 aliphatic rings. The average Bonchev–Trinajstić information content (AvgIpc) is 2.94. The van der Waals surface area contributed by atoms with Crippen molar-refractivity contribution in [2.75, 3.05) is 38.8 Å². The van der Waals surface area contributed by atoms with Crippen LogP contribution in [0.15, 0.2) is 29.1 Å². The summed E-state index contributed by atoms with van der Waals surface area (Å²) in [6.07, 6.45) is 0. The number of likely N-dealkylation sites (N-methyl/N-ethyl adjacent to an activating group) is 1. The minimum Gasteiger partial charge on any atom is -0.497 e. The van der Waals surface area contributed by atoms with Gasteiger partial charge in [-0.3, -0.25) is 14.6 Å². The van der Waals surface area contributed by atoms with Crippen molar-refractivity contribution in [3.63, 3.8) is 0 Å². The van der Waals surface area contributed by atoms with Crippen LogP contribution in [0, 0.1) is 0 Å². The zero-order valence-electron chi connectivity index (χ0n) is 14.9. The fourth-order valence-corrected chi connectivity index (χ4v) is 6.17. The third kappa shape index (κ3) is 3.13. The number of aromatic amines is 1. The summed E-state index contributed by atoms with van der Waals surface area (Å²) in [6, 6.07) is 7.36. The van der Waals surface area contributed by atoms with Crippen LogP contribution in [0.25, 0.3) is 10.9 Å². The molecule has 0 bridgehead atoms. The Balaban J connectivity index is 1.66. The van der Waals surface area contributed by atoms with E-state index in [-0.39, 0.29) is 29.1 Å². The number of pyridine rings is 1. The molecule has 8 heteroatoms. The number of H-pyrrole nitrogens is 1. The Bertz CT molecular complexity index is 1000. The van der Waals surface area contributed by atoms with Crippen molar-refractivity contribution in [3.8, 4) is 5.75 Å². The Morgan fingerprint density at radius 1 is 1.19 bits per heavy atom.